The fourth-order valence-corrected chi connectivity index (χ4v) is 4.67. The molecule has 4 nitrogen and oxygen atoms in total. The van der Waals surface area contributed by atoms with Crippen molar-refractivity contribution in [3.63, 3.8) is 0 Å². The van der Waals surface area contributed by atoms with Crippen LogP contribution in [0.3, 0.4) is 0 Å². The summed E-state index contributed by atoms with van der Waals surface area (Å²) in [5, 5.41) is 8.55. The minimum atomic E-state index is -0.317. The SMILES string of the molecule is Cc1csc(C2(NC(=O)COc3ccc4ccccc4c3)CCCC2)n1. The number of carbonyl (C=O) groups is 1. The number of hydrogen-bond acceptors (Lipinski definition) is 4. The van der Waals surface area contributed by atoms with Crippen molar-refractivity contribution in [3.8, 4) is 5.75 Å². The Kier molecular flexibility index (Phi) is 4.64. The van der Waals surface area contributed by atoms with Gasteiger partial charge in [0, 0.05) is 11.1 Å². The predicted octanol–water partition coefficient (Wildman–Crippen LogP) is 4.57. The summed E-state index contributed by atoms with van der Waals surface area (Å²) in [5.74, 6) is 0.623. The number of benzene rings is 2. The summed E-state index contributed by atoms with van der Waals surface area (Å²) in [7, 11) is 0. The van der Waals surface area contributed by atoms with Crippen LogP contribution in [0.2, 0.25) is 0 Å². The molecular formula is C21H22N2O2S. The largest absolute Gasteiger partial charge is 0.484 e. The molecule has 134 valence electrons. The number of ether oxygens (including phenoxy) is 1. The monoisotopic (exact) mass is 366 g/mol. The number of fused-ring (bicyclic) bond motifs is 1. The van der Waals surface area contributed by atoms with Crippen LogP contribution in [0.1, 0.15) is 36.4 Å². The maximum atomic E-state index is 12.6. The molecule has 1 saturated carbocycles. The van der Waals surface area contributed by atoms with Gasteiger partial charge in [0.05, 0.1) is 5.54 Å². The van der Waals surface area contributed by atoms with Crippen molar-refractivity contribution in [3.05, 3.63) is 58.5 Å². The van der Waals surface area contributed by atoms with Gasteiger partial charge in [-0.3, -0.25) is 4.79 Å². The van der Waals surface area contributed by atoms with E-state index in [1.54, 1.807) is 11.3 Å². The molecule has 1 aliphatic carbocycles. The second kappa shape index (κ2) is 7.08. The lowest BCUT2D eigenvalue weighted by Crippen LogP contribution is -2.45. The van der Waals surface area contributed by atoms with Crippen molar-refractivity contribution < 1.29 is 9.53 Å². The van der Waals surface area contributed by atoms with Crippen molar-refractivity contribution in [2.75, 3.05) is 6.61 Å². The molecule has 4 rings (SSSR count). The highest BCUT2D eigenvalue weighted by molar-refractivity contribution is 7.09. The summed E-state index contributed by atoms with van der Waals surface area (Å²) in [6.07, 6.45) is 4.12. The van der Waals surface area contributed by atoms with Gasteiger partial charge >= 0.3 is 0 Å². The van der Waals surface area contributed by atoms with Gasteiger partial charge in [-0.15, -0.1) is 11.3 Å². The Bertz CT molecular complexity index is 928. The average molecular weight is 366 g/mol. The topological polar surface area (TPSA) is 51.2 Å². The van der Waals surface area contributed by atoms with Crippen LogP contribution in [-0.4, -0.2) is 17.5 Å². The number of aryl methyl sites for hydroxylation is 1. The molecule has 5 heteroatoms. The van der Waals surface area contributed by atoms with Gasteiger partial charge < -0.3 is 10.1 Å². The van der Waals surface area contributed by atoms with Crippen molar-refractivity contribution in [1.29, 1.82) is 0 Å². The molecule has 0 radical (unpaired) electrons. The Morgan fingerprint density at radius 1 is 1.19 bits per heavy atom. The van der Waals surface area contributed by atoms with E-state index >= 15 is 0 Å². The second-order valence-electron chi connectivity index (χ2n) is 6.93. The Balaban J connectivity index is 1.43. The van der Waals surface area contributed by atoms with Crippen LogP contribution in [-0.2, 0) is 10.3 Å². The van der Waals surface area contributed by atoms with Gasteiger partial charge in [0.1, 0.15) is 10.8 Å². The first-order valence-electron chi connectivity index (χ1n) is 9.00. The van der Waals surface area contributed by atoms with Gasteiger partial charge in [0.2, 0.25) is 0 Å². The summed E-state index contributed by atoms with van der Waals surface area (Å²) in [6.45, 7) is 2.01. The summed E-state index contributed by atoms with van der Waals surface area (Å²) in [5.41, 5.74) is 0.695. The van der Waals surface area contributed by atoms with Crippen LogP contribution in [0.4, 0.5) is 0 Å². The molecule has 1 fully saturated rings. The number of nitrogens with zero attached hydrogens (tertiary/aromatic N) is 1. The number of carbonyl (C=O) groups excluding carboxylic acids is 1. The maximum absolute atomic E-state index is 12.6. The molecule has 1 heterocycles. The third-order valence-electron chi connectivity index (χ3n) is 4.96. The van der Waals surface area contributed by atoms with Crippen LogP contribution < -0.4 is 10.1 Å². The van der Waals surface area contributed by atoms with Crippen LogP contribution in [0.15, 0.2) is 47.8 Å². The summed E-state index contributed by atoms with van der Waals surface area (Å²) in [6, 6.07) is 14.0. The highest BCUT2D eigenvalue weighted by atomic mass is 32.1. The van der Waals surface area contributed by atoms with E-state index in [1.807, 2.05) is 48.7 Å². The van der Waals surface area contributed by atoms with Crippen LogP contribution in [0.25, 0.3) is 10.8 Å². The lowest BCUT2D eigenvalue weighted by Gasteiger charge is -2.28. The Labute approximate surface area is 157 Å². The van der Waals surface area contributed by atoms with E-state index in [1.165, 1.54) is 0 Å². The third-order valence-corrected chi connectivity index (χ3v) is 6.12. The van der Waals surface area contributed by atoms with Gasteiger partial charge in [-0.1, -0.05) is 43.2 Å². The van der Waals surface area contributed by atoms with Gasteiger partial charge in [-0.2, -0.15) is 0 Å². The van der Waals surface area contributed by atoms with E-state index in [9.17, 15) is 4.79 Å². The quantitative estimate of drug-likeness (QED) is 0.720. The number of aromatic nitrogens is 1. The van der Waals surface area contributed by atoms with Crippen molar-refractivity contribution in [1.82, 2.24) is 10.3 Å². The zero-order chi connectivity index (χ0) is 18.0. The lowest BCUT2D eigenvalue weighted by atomic mass is 9.98. The van der Waals surface area contributed by atoms with Crippen molar-refractivity contribution >= 4 is 28.0 Å². The molecule has 0 bridgehead atoms. The second-order valence-corrected chi connectivity index (χ2v) is 7.79. The fraction of sp³-hybridized carbons (Fsp3) is 0.333. The molecule has 0 atom stereocenters. The first-order valence-corrected chi connectivity index (χ1v) is 9.88. The third kappa shape index (κ3) is 3.44. The van der Waals surface area contributed by atoms with Gasteiger partial charge in [-0.05, 0) is 42.7 Å². The van der Waals surface area contributed by atoms with Crippen molar-refractivity contribution in [2.24, 2.45) is 0 Å². The standard InChI is InChI=1S/C21H22N2O2S/c1-15-14-26-20(22-15)21(10-4-5-11-21)23-19(24)13-25-18-9-8-16-6-2-3-7-17(16)12-18/h2-3,6-9,12,14H,4-5,10-11,13H2,1H3,(H,23,24). The van der Waals surface area contributed by atoms with Crippen LogP contribution in [0, 0.1) is 6.92 Å². The highest BCUT2D eigenvalue weighted by Crippen LogP contribution is 2.40. The number of nitrogens with one attached hydrogen (secondary N) is 1. The van der Waals surface area contributed by atoms with Gasteiger partial charge in [0.15, 0.2) is 6.61 Å². The Morgan fingerprint density at radius 2 is 1.96 bits per heavy atom. The normalized spacial score (nSPS) is 15.9. The van der Waals surface area contributed by atoms with E-state index in [0.29, 0.717) is 5.75 Å². The minimum Gasteiger partial charge on any atom is -0.484 e. The molecule has 1 aliphatic rings. The molecule has 1 amide bonds. The molecule has 1 N–H and O–H groups in total. The molecule has 3 aromatic rings. The van der Waals surface area contributed by atoms with Crippen LogP contribution >= 0.6 is 11.3 Å². The van der Waals surface area contributed by atoms with E-state index in [0.717, 1.165) is 47.2 Å². The number of thiazole rings is 1. The van der Waals surface area contributed by atoms with E-state index in [4.69, 9.17) is 4.74 Å². The highest BCUT2D eigenvalue weighted by Gasteiger charge is 2.39. The first kappa shape index (κ1) is 17.0. The number of hydrogen-bond donors (Lipinski definition) is 1. The van der Waals surface area contributed by atoms with Crippen LogP contribution in [0.5, 0.6) is 5.75 Å². The molecular weight excluding hydrogens is 344 g/mol. The maximum Gasteiger partial charge on any atom is 0.258 e. The molecule has 0 spiro atoms. The van der Waals surface area contributed by atoms with E-state index in [2.05, 4.69) is 16.4 Å². The lowest BCUT2D eigenvalue weighted by molar-refractivity contribution is -0.125. The number of rotatable bonds is 5. The molecule has 1 aromatic heterocycles. The predicted molar refractivity (Wildman–Crippen MR) is 105 cm³/mol. The Morgan fingerprint density at radius 3 is 2.69 bits per heavy atom. The molecule has 26 heavy (non-hydrogen) atoms. The number of amides is 1. The van der Waals surface area contributed by atoms with Gasteiger partial charge in [-0.25, -0.2) is 4.98 Å². The summed E-state index contributed by atoms with van der Waals surface area (Å²) in [4.78, 5) is 17.2. The van der Waals surface area contributed by atoms with Gasteiger partial charge in [0.25, 0.3) is 5.91 Å². The smallest absolute Gasteiger partial charge is 0.258 e. The average Bonchev–Trinajstić information content (AvgIpc) is 3.30. The Hall–Kier alpha value is -2.40. The van der Waals surface area contributed by atoms with E-state index in [-0.39, 0.29) is 18.1 Å². The first-order chi connectivity index (χ1) is 12.6. The zero-order valence-corrected chi connectivity index (χ0v) is 15.6. The minimum absolute atomic E-state index is 0.0183. The molecule has 0 unspecified atom stereocenters. The fourth-order valence-electron chi connectivity index (χ4n) is 3.65. The molecule has 0 saturated heterocycles. The zero-order valence-electron chi connectivity index (χ0n) is 14.8. The molecule has 0 aliphatic heterocycles. The van der Waals surface area contributed by atoms with E-state index < -0.39 is 0 Å². The van der Waals surface area contributed by atoms with Crippen molar-refractivity contribution in [2.45, 2.75) is 38.1 Å². The summed E-state index contributed by atoms with van der Waals surface area (Å²) < 4.78 is 5.74. The molecule has 2 aromatic carbocycles. The summed E-state index contributed by atoms with van der Waals surface area (Å²) >= 11 is 1.64.